The molecule has 8 heteroatoms. The molecule has 0 bridgehead atoms. The molecular formula is C21H22BrFN4O2. The van der Waals surface area contributed by atoms with E-state index in [1.54, 1.807) is 7.11 Å². The van der Waals surface area contributed by atoms with Gasteiger partial charge in [0.05, 0.1) is 13.7 Å². The van der Waals surface area contributed by atoms with Gasteiger partial charge in [-0.2, -0.15) is 4.98 Å². The summed E-state index contributed by atoms with van der Waals surface area (Å²) in [6.07, 6.45) is 0. The minimum absolute atomic E-state index is 0.223. The first kappa shape index (κ1) is 20.0. The van der Waals surface area contributed by atoms with E-state index in [1.165, 1.54) is 12.1 Å². The Labute approximate surface area is 177 Å². The Bertz CT molecular complexity index is 956. The number of halogens is 2. The Balaban J connectivity index is 1.30. The van der Waals surface area contributed by atoms with Crippen molar-refractivity contribution >= 4 is 15.9 Å². The number of nitrogens with zero attached hydrogens (tertiary/aromatic N) is 4. The molecule has 152 valence electrons. The molecule has 0 N–H and O–H groups in total. The molecule has 1 aromatic heterocycles. The molecule has 6 nitrogen and oxygen atoms in total. The van der Waals surface area contributed by atoms with E-state index in [1.807, 2.05) is 30.3 Å². The zero-order valence-corrected chi connectivity index (χ0v) is 17.7. The minimum atomic E-state index is -0.223. The van der Waals surface area contributed by atoms with Gasteiger partial charge in [-0.1, -0.05) is 27.2 Å². The molecule has 0 atom stereocenters. The Morgan fingerprint density at radius 2 is 1.72 bits per heavy atom. The molecule has 0 radical (unpaired) electrons. The van der Waals surface area contributed by atoms with Crippen LogP contribution in [0.5, 0.6) is 5.75 Å². The van der Waals surface area contributed by atoms with Crippen molar-refractivity contribution in [2.45, 2.75) is 13.1 Å². The van der Waals surface area contributed by atoms with Crippen LogP contribution in [0.4, 0.5) is 4.39 Å². The third-order valence-corrected chi connectivity index (χ3v) is 5.79. The third kappa shape index (κ3) is 5.01. The first-order valence-corrected chi connectivity index (χ1v) is 10.3. The summed E-state index contributed by atoms with van der Waals surface area (Å²) in [5, 5.41) is 4.10. The van der Waals surface area contributed by atoms with E-state index in [4.69, 9.17) is 9.26 Å². The van der Waals surface area contributed by atoms with Crippen molar-refractivity contribution in [3.05, 3.63) is 64.2 Å². The largest absolute Gasteiger partial charge is 0.497 e. The molecule has 1 aliphatic heterocycles. The normalized spacial score (nSPS) is 15.6. The molecule has 2 aromatic carbocycles. The molecule has 3 aromatic rings. The van der Waals surface area contributed by atoms with Crippen LogP contribution in [0.2, 0.25) is 0 Å². The summed E-state index contributed by atoms with van der Waals surface area (Å²) < 4.78 is 24.7. The quantitative estimate of drug-likeness (QED) is 0.554. The van der Waals surface area contributed by atoms with Crippen molar-refractivity contribution in [2.24, 2.45) is 0 Å². The highest BCUT2D eigenvalue weighted by molar-refractivity contribution is 9.10. The second-order valence-electron chi connectivity index (χ2n) is 7.03. The van der Waals surface area contributed by atoms with Crippen molar-refractivity contribution in [3.8, 4) is 17.1 Å². The van der Waals surface area contributed by atoms with Crippen LogP contribution in [0.25, 0.3) is 11.4 Å². The summed E-state index contributed by atoms with van der Waals surface area (Å²) in [6, 6.07) is 12.5. The summed E-state index contributed by atoms with van der Waals surface area (Å²) in [4.78, 5) is 9.19. The molecule has 4 rings (SSSR count). The van der Waals surface area contributed by atoms with Gasteiger partial charge < -0.3 is 9.26 Å². The Morgan fingerprint density at radius 3 is 2.38 bits per heavy atom. The molecule has 29 heavy (non-hydrogen) atoms. The summed E-state index contributed by atoms with van der Waals surface area (Å²) >= 11 is 3.45. The number of hydrogen-bond donors (Lipinski definition) is 0. The fourth-order valence-corrected chi connectivity index (χ4v) is 3.84. The second-order valence-corrected chi connectivity index (χ2v) is 7.88. The van der Waals surface area contributed by atoms with E-state index in [0.717, 1.165) is 54.1 Å². The molecule has 0 saturated carbocycles. The van der Waals surface area contributed by atoms with Crippen molar-refractivity contribution in [2.75, 3.05) is 33.3 Å². The van der Waals surface area contributed by atoms with Gasteiger partial charge in [0.1, 0.15) is 11.6 Å². The summed E-state index contributed by atoms with van der Waals surface area (Å²) in [6.45, 7) is 5.14. The van der Waals surface area contributed by atoms with Crippen LogP contribution < -0.4 is 4.74 Å². The van der Waals surface area contributed by atoms with Crippen LogP contribution >= 0.6 is 15.9 Å². The lowest BCUT2D eigenvalue weighted by atomic mass is 10.2. The highest BCUT2D eigenvalue weighted by Crippen LogP contribution is 2.22. The predicted molar refractivity (Wildman–Crippen MR) is 111 cm³/mol. The fraction of sp³-hybridized carbons (Fsp3) is 0.333. The number of methoxy groups -OCH3 is 1. The number of piperazine rings is 1. The molecule has 0 unspecified atom stereocenters. The monoisotopic (exact) mass is 460 g/mol. The highest BCUT2D eigenvalue weighted by atomic mass is 79.9. The van der Waals surface area contributed by atoms with E-state index in [-0.39, 0.29) is 5.82 Å². The van der Waals surface area contributed by atoms with E-state index < -0.39 is 0 Å². The van der Waals surface area contributed by atoms with Crippen LogP contribution in [0.1, 0.15) is 11.5 Å². The van der Waals surface area contributed by atoms with Crippen molar-refractivity contribution < 1.29 is 13.7 Å². The zero-order valence-electron chi connectivity index (χ0n) is 16.1. The number of hydrogen-bond acceptors (Lipinski definition) is 6. The van der Waals surface area contributed by atoms with Crippen LogP contribution in [-0.4, -0.2) is 53.2 Å². The first-order chi connectivity index (χ1) is 14.1. The molecular weight excluding hydrogens is 439 g/mol. The molecule has 0 amide bonds. The molecule has 1 aliphatic rings. The van der Waals surface area contributed by atoms with E-state index >= 15 is 0 Å². The summed E-state index contributed by atoms with van der Waals surface area (Å²) in [5.74, 6) is 1.77. The molecule has 2 heterocycles. The SMILES string of the molecule is COc1ccc(-c2noc(CN3CCN(Cc4ccc(F)cc4Br)CC3)n2)cc1. The smallest absolute Gasteiger partial charge is 0.241 e. The van der Waals surface area contributed by atoms with Gasteiger partial charge in [0.15, 0.2) is 0 Å². The lowest BCUT2D eigenvalue weighted by molar-refractivity contribution is 0.112. The maximum Gasteiger partial charge on any atom is 0.241 e. The van der Waals surface area contributed by atoms with Crippen molar-refractivity contribution in [1.82, 2.24) is 19.9 Å². The Hall–Kier alpha value is -2.29. The standard InChI is InChI=1S/C21H22BrFN4O2/c1-28-18-6-3-15(4-7-18)21-24-20(29-25-21)14-27-10-8-26(9-11-27)13-16-2-5-17(23)12-19(16)22/h2-7,12H,8-11,13-14H2,1H3. The summed E-state index contributed by atoms with van der Waals surface area (Å²) in [5.41, 5.74) is 2.00. The van der Waals surface area contributed by atoms with E-state index in [9.17, 15) is 4.39 Å². The predicted octanol–water partition coefficient (Wildman–Crippen LogP) is 3.96. The maximum atomic E-state index is 13.3. The molecule has 0 spiro atoms. The average molecular weight is 461 g/mol. The van der Waals surface area contributed by atoms with Crippen molar-refractivity contribution in [3.63, 3.8) is 0 Å². The van der Waals surface area contributed by atoms with Gasteiger partial charge in [-0.25, -0.2) is 4.39 Å². The van der Waals surface area contributed by atoms with Crippen LogP contribution in [-0.2, 0) is 13.1 Å². The van der Waals surface area contributed by atoms with Crippen LogP contribution in [0.3, 0.4) is 0 Å². The average Bonchev–Trinajstić information content (AvgIpc) is 3.20. The molecule has 1 fully saturated rings. The zero-order chi connectivity index (χ0) is 20.2. The highest BCUT2D eigenvalue weighted by Gasteiger charge is 2.20. The van der Waals surface area contributed by atoms with E-state index in [2.05, 4.69) is 35.9 Å². The lowest BCUT2D eigenvalue weighted by Gasteiger charge is -2.34. The van der Waals surface area contributed by atoms with Crippen molar-refractivity contribution in [1.29, 1.82) is 0 Å². The molecule has 1 saturated heterocycles. The van der Waals surface area contributed by atoms with Gasteiger partial charge in [0, 0.05) is 42.8 Å². The summed E-state index contributed by atoms with van der Waals surface area (Å²) in [7, 11) is 1.64. The topological polar surface area (TPSA) is 54.6 Å². The number of aromatic nitrogens is 2. The second kappa shape index (κ2) is 9.02. The number of rotatable bonds is 6. The van der Waals surface area contributed by atoms with Crippen LogP contribution in [0, 0.1) is 5.82 Å². The minimum Gasteiger partial charge on any atom is -0.497 e. The van der Waals surface area contributed by atoms with Gasteiger partial charge in [0.2, 0.25) is 11.7 Å². The molecule has 0 aliphatic carbocycles. The van der Waals surface area contributed by atoms with Gasteiger partial charge in [-0.15, -0.1) is 0 Å². The van der Waals surface area contributed by atoms with Gasteiger partial charge >= 0.3 is 0 Å². The lowest BCUT2D eigenvalue weighted by Crippen LogP contribution is -2.45. The first-order valence-electron chi connectivity index (χ1n) is 9.46. The Morgan fingerprint density at radius 1 is 1.03 bits per heavy atom. The third-order valence-electron chi connectivity index (χ3n) is 5.05. The van der Waals surface area contributed by atoms with E-state index in [0.29, 0.717) is 18.3 Å². The van der Waals surface area contributed by atoms with Gasteiger partial charge in [0.25, 0.3) is 0 Å². The maximum absolute atomic E-state index is 13.3. The fourth-order valence-electron chi connectivity index (χ4n) is 3.36. The number of ether oxygens (including phenoxy) is 1. The van der Waals surface area contributed by atoms with Gasteiger partial charge in [-0.05, 0) is 42.0 Å². The Kier molecular flexibility index (Phi) is 6.22. The van der Waals surface area contributed by atoms with Crippen LogP contribution in [0.15, 0.2) is 51.5 Å². The van der Waals surface area contributed by atoms with Gasteiger partial charge in [-0.3, -0.25) is 9.80 Å². The number of benzene rings is 2.